The van der Waals surface area contributed by atoms with Crippen LogP contribution in [0.4, 0.5) is 0 Å². The SMILES string of the molecule is COc1cc(OC)c(OC)cc1CNC(=O)COC(=O)CSc1nc(C)cc(C)n1. The smallest absolute Gasteiger partial charge is 0.316 e. The Balaban J connectivity index is 1.82. The molecule has 0 radical (unpaired) electrons. The van der Waals surface area contributed by atoms with Crippen molar-refractivity contribution in [2.75, 3.05) is 33.7 Å². The molecule has 10 heteroatoms. The lowest BCUT2D eigenvalue weighted by Crippen LogP contribution is -2.28. The fourth-order valence-corrected chi connectivity index (χ4v) is 3.29. The molecule has 0 fully saturated rings. The Bertz CT molecular complexity index is 886. The minimum atomic E-state index is -0.526. The summed E-state index contributed by atoms with van der Waals surface area (Å²) in [5, 5.41) is 3.18. The molecule has 1 heterocycles. The fourth-order valence-electron chi connectivity index (χ4n) is 2.54. The molecule has 2 aromatic rings. The van der Waals surface area contributed by atoms with Gasteiger partial charge >= 0.3 is 5.97 Å². The first-order chi connectivity index (χ1) is 14.4. The molecule has 0 bridgehead atoms. The molecule has 0 aliphatic rings. The number of nitrogens with zero attached hydrogens (tertiary/aromatic N) is 2. The van der Waals surface area contributed by atoms with Crippen molar-refractivity contribution in [2.24, 2.45) is 0 Å². The number of hydrogen-bond acceptors (Lipinski definition) is 9. The molecule has 0 aliphatic heterocycles. The number of aryl methyl sites for hydroxylation is 2. The Morgan fingerprint density at radius 1 is 0.933 bits per heavy atom. The number of esters is 1. The molecule has 0 saturated carbocycles. The third-order valence-electron chi connectivity index (χ3n) is 3.91. The summed E-state index contributed by atoms with van der Waals surface area (Å²) < 4.78 is 20.8. The van der Waals surface area contributed by atoms with Gasteiger partial charge in [-0.05, 0) is 26.0 Å². The average molecular weight is 436 g/mol. The summed E-state index contributed by atoms with van der Waals surface area (Å²) in [5.74, 6) is 0.618. The quantitative estimate of drug-likeness (QED) is 0.341. The largest absolute Gasteiger partial charge is 0.496 e. The van der Waals surface area contributed by atoms with Gasteiger partial charge in [-0.3, -0.25) is 9.59 Å². The van der Waals surface area contributed by atoms with Gasteiger partial charge in [-0.15, -0.1) is 0 Å². The van der Waals surface area contributed by atoms with Crippen LogP contribution in [0.5, 0.6) is 17.2 Å². The zero-order valence-electron chi connectivity index (χ0n) is 17.6. The maximum atomic E-state index is 12.0. The number of methoxy groups -OCH3 is 3. The zero-order valence-corrected chi connectivity index (χ0v) is 18.4. The van der Waals surface area contributed by atoms with E-state index in [1.807, 2.05) is 19.9 Å². The normalized spacial score (nSPS) is 10.3. The number of ether oxygens (including phenoxy) is 4. The molecule has 9 nitrogen and oxygen atoms in total. The van der Waals surface area contributed by atoms with Gasteiger partial charge in [-0.25, -0.2) is 9.97 Å². The predicted octanol–water partition coefficient (Wildman–Crippen LogP) is 2.07. The molecule has 1 amide bonds. The van der Waals surface area contributed by atoms with Crippen LogP contribution in [0.15, 0.2) is 23.4 Å². The molecule has 1 aromatic heterocycles. The number of amides is 1. The molecule has 0 spiro atoms. The average Bonchev–Trinajstić information content (AvgIpc) is 2.73. The first-order valence-electron chi connectivity index (χ1n) is 9.02. The van der Waals surface area contributed by atoms with E-state index in [1.165, 1.54) is 21.3 Å². The van der Waals surface area contributed by atoms with Crippen LogP contribution in [0.25, 0.3) is 0 Å². The second-order valence-electron chi connectivity index (χ2n) is 6.18. The second kappa shape index (κ2) is 11.2. The van der Waals surface area contributed by atoms with Crippen LogP contribution in [0.2, 0.25) is 0 Å². The van der Waals surface area contributed by atoms with Gasteiger partial charge in [0.25, 0.3) is 5.91 Å². The predicted molar refractivity (Wildman–Crippen MR) is 111 cm³/mol. The summed E-state index contributed by atoms with van der Waals surface area (Å²) in [5.41, 5.74) is 2.34. The van der Waals surface area contributed by atoms with Crippen LogP contribution in [0.3, 0.4) is 0 Å². The van der Waals surface area contributed by atoms with Crippen molar-refractivity contribution in [3.05, 3.63) is 35.2 Å². The highest BCUT2D eigenvalue weighted by atomic mass is 32.2. The van der Waals surface area contributed by atoms with Gasteiger partial charge in [0.2, 0.25) is 0 Å². The Hall–Kier alpha value is -3.01. The monoisotopic (exact) mass is 435 g/mol. The second-order valence-corrected chi connectivity index (χ2v) is 7.12. The van der Waals surface area contributed by atoms with Gasteiger partial charge in [0.05, 0.1) is 27.1 Å². The van der Waals surface area contributed by atoms with Crippen molar-refractivity contribution in [3.63, 3.8) is 0 Å². The minimum Gasteiger partial charge on any atom is -0.496 e. The topological polar surface area (TPSA) is 109 Å². The maximum Gasteiger partial charge on any atom is 0.316 e. The molecule has 30 heavy (non-hydrogen) atoms. The Kier molecular flexibility index (Phi) is 8.72. The third kappa shape index (κ3) is 6.80. The number of aromatic nitrogens is 2. The molecule has 0 unspecified atom stereocenters. The highest BCUT2D eigenvalue weighted by Gasteiger charge is 2.14. The van der Waals surface area contributed by atoms with Crippen molar-refractivity contribution in [1.82, 2.24) is 15.3 Å². The van der Waals surface area contributed by atoms with E-state index in [4.69, 9.17) is 18.9 Å². The van der Waals surface area contributed by atoms with Gasteiger partial charge in [0.15, 0.2) is 23.3 Å². The van der Waals surface area contributed by atoms with Gasteiger partial charge in [-0.2, -0.15) is 0 Å². The summed E-state index contributed by atoms with van der Waals surface area (Å²) >= 11 is 1.16. The van der Waals surface area contributed by atoms with Gasteiger partial charge < -0.3 is 24.3 Å². The molecular formula is C20H25N3O6S. The van der Waals surface area contributed by atoms with Crippen molar-refractivity contribution in [1.29, 1.82) is 0 Å². The summed E-state index contributed by atoms with van der Waals surface area (Å²) in [6.07, 6.45) is 0. The lowest BCUT2D eigenvalue weighted by atomic mass is 10.1. The maximum absolute atomic E-state index is 12.0. The van der Waals surface area contributed by atoms with Crippen LogP contribution in [-0.4, -0.2) is 55.5 Å². The van der Waals surface area contributed by atoms with Crippen LogP contribution in [-0.2, 0) is 20.9 Å². The van der Waals surface area contributed by atoms with E-state index in [1.54, 1.807) is 12.1 Å². The standard InChI is InChI=1S/C20H25N3O6S/c1-12-6-13(2)23-20(22-12)30-11-19(25)29-10-18(24)21-9-14-7-16(27-4)17(28-5)8-15(14)26-3/h6-8H,9-11H2,1-5H3,(H,21,24). The molecule has 2 rings (SSSR count). The lowest BCUT2D eigenvalue weighted by molar-refractivity contribution is -0.145. The summed E-state index contributed by atoms with van der Waals surface area (Å²) in [7, 11) is 4.57. The lowest BCUT2D eigenvalue weighted by Gasteiger charge is -2.14. The van der Waals surface area contributed by atoms with E-state index in [9.17, 15) is 9.59 Å². The van der Waals surface area contributed by atoms with Gasteiger partial charge in [0, 0.05) is 29.6 Å². The summed E-state index contributed by atoms with van der Waals surface area (Å²) in [6, 6.07) is 5.23. The number of rotatable bonds is 10. The number of thioether (sulfide) groups is 1. The van der Waals surface area contributed by atoms with Crippen molar-refractivity contribution >= 4 is 23.6 Å². The number of hydrogen-bond donors (Lipinski definition) is 1. The van der Waals surface area contributed by atoms with Crippen LogP contribution < -0.4 is 19.5 Å². The first kappa shape index (κ1) is 23.3. The van der Waals surface area contributed by atoms with Crippen LogP contribution >= 0.6 is 11.8 Å². The fraction of sp³-hybridized carbons (Fsp3) is 0.400. The number of carbonyl (C=O) groups excluding carboxylic acids is 2. The van der Waals surface area contributed by atoms with Crippen molar-refractivity contribution < 1.29 is 28.5 Å². The van der Waals surface area contributed by atoms with E-state index in [2.05, 4.69) is 15.3 Å². The Morgan fingerprint density at radius 3 is 2.13 bits per heavy atom. The zero-order chi connectivity index (χ0) is 22.1. The molecule has 0 aliphatic carbocycles. The van der Waals surface area contributed by atoms with E-state index in [-0.39, 0.29) is 18.9 Å². The van der Waals surface area contributed by atoms with E-state index in [0.717, 1.165) is 23.1 Å². The highest BCUT2D eigenvalue weighted by Crippen LogP contribution is 2.34. The Labute approximate surface area is 179 Å². The molecular weight excluding hydrogens is 410 g/mol. The number of carbonyl (C=O) groups is 2. The molecule has 0 atom stereocenters. The molecule has 0 saturated heterocycles. The molecule has 162 valence electrons. The number of benzene rings is 1. The van der Waals surface area contributed by atoms with E-state index < -0.39 is 11.9 Å². The Morgan fingerprint density at radius 2 is 1.53 bits per heavy atom. The summed E-state index contributed by atoms with van der Waals surface area (Å²) in [4.78, 5) is 32.4. The first-order valence-corrected chi connectivity index (χ1v) is 10.0. The minimum absolute atomic E-state index is 0.0136. The van der Waals surface area contributed by atoms with E-state index >= 15 is 0 Å². The third-order valence-corrected chi connectivity index (χ3v) is 4.73. The number of nitrogens with one attached hydrogen (secondary N) is 1. The van der Waals surface area contributed by atoms with E-state index in [0.29, 0.717) is 28.0 Å². The summed E-state index contributed by atoms with van der Waals surface area (Å²) in [6.45, 7) is 3.50. The van der Waals surface area contributed by atoms with Crippen LogP contribution in [0, 0.1) is 13.8 Å². The highest BCUT2D eigenvalue weighted by molar-refractivity contribution is 7.99. The van der Waals surface area contributed by atoms with Crippen LogP contribution in [0.1, 0.15) is 17.0 Å². The molecule has 1 aromatic carbocycles. The van der Waals surface area contributed by atoms with Crippen molar-refractivity contribution in [2.45, 2.75) is 25.5 Å². The van der Waals surface area contributed by atoms with Gasteiger partial charge in [-0.1, -0.05) is 11.8 Å². The molecule has 1 N–H and O–H groups in total. The van der Waals surface area contributed by atoms with Gasteiger partial charge in [0.1, 0.15) is 5.75 Å². The van der Waals surface area contributed by atoms with Crippen molar-refractivity contribution in [3.8, 4) is 17.2 Å².